The van der Waals surface area contributed by atoms with Crippen molar-refractivity contribution in [1.82, 2.24) is 9.80 Å². The van der Waals surface area contributed by atoms with Gasteiger partial charge in [-0.15, -0.1) is 0 Å². The van der Waals surface area contributed by atoms with Gasteiger partial charge in [0.05, 0.1) is 0 Å². The van der Waals surface area contributed by atoms with Gasteiger partial charge in [0.1, 0.15) is 0 Å². The lowest BCUT2D eigenvalue weighted by Crippen LogP contribution is -2.44. The summed E-state index contributed by atoms with van der Waals surface area (Å²) in [6, 6.07) is 1.12. The Morgan fingerprint density at radius 2 is 1.21 bits per heavy atom. The lowest BCUT2D eigenvalue weighted by Gasteiger charge is -2.40. The molecule has 0 aliphatic heterocycles. The first kappa shape index (κ1) is 24.1. The van der Waals surface area contributed by atoms with E-state index in [-0.39, 0.29) is 0 Å². The third-order valence-electron chi connectivity index (χ3n) is 4.97. The number of hydrogen-bond acceptors (Lipinski definition) is 4. The van der Waals surface area contributed by atoms with Crippen molar-refractivity contribution in [3.63, 3.8) is 0 Å². The second-order valence-corrected chi connectivity index (χ2v) is 11.0. The molecule has 146 valence electrons. The Hall–Kier alpha value is 0.0569. The van der Waals surface area contributed by atoms with Crippen molar-refractivity contribution in [2.45, 2.75) is 65.5 Å². The van der Waals surface area contributed by atoms with E-state index in [1.165, 1.54) is 32.1 Å². The monoisotopic (exact) mass is 360 g/mol. The fraction of sp³-hybridized carbons (Fsp3) is 1.00. The van der Waals surface area contributed by atoms with Crippen LogP contribution >= 0.6 is 0 Å². The Bertz CT molecular complexity index is 292. The summed E-state index contributed by atoms with van der Waals surface area (Å²) in [5, 5.41) is 0. The van der Waals surface area contributed by atoms with Crippen LogP contribution in [0.15, 0.2) is 0 Å². The summed E-state index contributed by atoms with van der Waals surface area (Å²) in [5.41, 5.74) is 0.358. The molecular formula is C19H44N2O2Si. The Morgan fingerprint density at radius 3 is 1.50 bits per heavy atom. The highest BCUT2D eigenvalue weighted by Crippen LogP contribution is 2.42. The van der Waals surface area contributed by atoms with Gasteiger partial charge in [0.2, 0.25) is 0 Å². The second-order valence-electron chi connectivity index (χ2n) is 7.84. The van der Waals surface area contributed by atoms with Gasteiger partial charge in [0.25, 0.3) is 0 Å². The van der Waals surface area contributed by atoms with Gasteiger partial charge in [-0.3, -0.25) is 0 Å². The molecule has 24 heavy (non-hydrogen) atoms. The van der Waals surface area contributed by atoms with Crippen LogP contribution in [0.3, 0.4) is 0 Å². The van der Waals surface area contributed by atoms with Gasteiger partial charge in [-0.05, 0) is 98.8 Å². The zero-order valence-corrected chi connectivity index (χ0v) is 18.8. The van der Waals surface area contributed by atoms with Crippen molar-refractivity contribution >= 4 is 8.56 Å². The van der Waals surface area contributed by atoms with Gasteiger partial charge in [-0.2, -0.15) is 0 Å². The molecule has 0 saturated heterocycles. The molecule has 0 aromatic heterocycles. The van der Waals surface area contributed by atoms with E-state index in [0.717, 1.165) is 32.3 Å². The molecule has 0 aliphatic rings. The van der Waals surface area contributed by atoms with Gasteiger partial charge >= 0.3 is 8.56 Å². The molecule has 0 amide bonds. The summed E-state index contributed by atoms with van der Waals surface area (Å²) in [5.74, 6) is 0. The van der Waals surface area contributed by atoms with Crippen molar-refractivity contribution in [1.29, 1.82) is 0 Å². The molecule has 0 atom stereocenters. The fourth-order valence-corrected chi connectivity index (χ4v) is 7.23. The molecule has 4 nitrogen and oxygen atoms in total. The molecule has 0 N–H and O–H groups in total. The summed E-state index contributed by atoms with van der Waals surface area (Å²) >= 11 is 0. The third kappa shape index (κ3) is 10.1. The topological polar surface area (TPSA) is 24.9 Å². The number of hydrogen-bond donors (Lipinski definition) is 0. The normalized spacial score (nSPS) is 13.2. The summed E-state index contributed by atoms with van der Waals surface area (Å²) in [7, 11) is 6.58. The molecule has 0 rings (SSSR count). The summed E-state index contributed by atoms with van der Waals surface area (Å²) in [4.78, 5) is 4.59. The maximum absolute atomic E-state index is 6.18. The van der Waals surface area contributed by atoms with Crippen molar-refractivity contribution < 1.29 is 8.85 Å². The van der Waals surface area contributed by atoms with Crippen LogP contribution in [0.1, 0.15) is 52.9 Å². The van der Waals surface area contributed by atoms with E-state index in [1.807, 2.05) is 0 Å². The SMILES string of the molecule is CCO[Si](C)(CC(CC)(CCCN(C)C)CCCN(C)C)OCC. The first-order valence-electron chi connectivity index (χ1n) is 9.80. The summed E-state index contributed by atoms with van der Waals surface area (Å²) in [6.45, 7) is 12.7. The van der Waals surface area contributed by atoms with E-state index in [2.05, 4.69) is 65.3 Å². The number of nitrogens with zero attached hydrogens (tertiary/aromatic N) is 2. The van der Waals surface area contributed by atoms with E-state index < -0.39 is 8.56 Å². The Balaban J connectivity index is 5.07. The molecular weight excluding hydrogens is 316 g/mol. The molecule has 0 fully saturated rings. The van der Waals surface area contributed by atoms with Crippen LogP contribution in [0.25, 0.3) is 0 Å². The summed E-state index contributed by atoms with van der Waals surface area (Å²) < 4.78 is 12.4. The van der Waals surface area contributed by atoms with E-state index >= 15 is 0 Å². The van der Waals surface area contributed by atoms with Crippen LogP contribution < -0.4 is 0 Å². The highest BCUT2D eigenvalue weighted by Gasteiger charge is 2.41. The molecule has 0 heterocycles. The minimum Gasteiger partial charge on any atom is -0.395 e. The minimum absolute atomic E-state index is 0.358. The average Bonchev–Trinajstić information content (AvgIpc) is 2.46. The van der Waals surface area contributed by atoms with Gasteiger partial charge in [0, 0.05) is 13.2 Å². The quantitative estimate of drug-likeness (QED) is 0.408. The second kappa shape index (κ2) is 12.4. The standard InChI is InChI=1S/C19H44N2O2Si/c1-9-19(14-12-16-20(4)5,15-13-17-21(6)7)18-24(8,22-10-2)23-11-3/h9-18H2,1-8H3. The van der Waals surface area contributed by atoms with Crippen molar-refractivity contribution in [2.75, 3.05) is 54.5 Å². The molecule has 0 saturated carbocycles. The largest absolute Gasteiger partial charge is 0.395 e. The van der Waals surface area contributed by atoms with Crippen molar-refractivity contribution in [2.24, 2.45) is 5.41 Å². The highest BCUT2D eigenvalue weighted by molar-refractivity contribution is 6.66. The first-order chi connectivity index (χ1) is 11.2. The maximum Gasteiger partial charge on any atom is 0.335 e. The number of rotatable bonds is 15. The molecule has 0 aliphatic carbocycles. The Labute approximate surface area is 153 Å². The summed E-state index contributed by atoms with van der Waals surface area (Å²) in [6.07, 6.45) is 6.28. The average molecular weight is 361 g/mol. The molecule has 0 unspecified atom stereocenters. The molecule has 5 heteroatoms. The van der Waals surface area contributed by atoms with E-state index in [0.29, 0.717) is 5.41 Å². The molecule has 0 aromatic rings. The Kier molecular flexibility index (Phi) is 12.4. The van der Waals surface area contributed by atoms with Crippen LogP contribution in [0, 0.1) is 5.41 Å². The van der Waals surface area contributed by atoms with E-state index in [9.17, 15) is 0 Å². The lowest BCUT2D eigenvalue weighted by molar-refractivity contribution is 0.150. The predicted molar refractivity (Wildman–Crippen MR) is 108 cm³/mol. The van der Waals surface area contributed by atoms with Gasteiger partial charge in [-0.25, -0.2) is 0 Å². The fourth-order valence-electron chi connectivity index (χ4n) is 3.76. The molecule has 0 aromatic carbocycles. The zero-order valence-electron chi connectivity index (χ0n) is 17.8. The van der Waals surface area contributed by atoms with E-state index in [1.54, 1.807) is 0 Å². The van der Waals surface area contributed by atoms with Crippen LogP contribution in [0.2, 0.25) is 12.6 Å². The molecule has 0 spiro atoms. The minimum atomic E-state index is -2.09. The molecule has 0 radical (unpaired) electrons. The van der Waals surface area contributed by atoms with Gasteiger partial charge < -0.3 is 18.7 Å². The van der Waals surface area contributed by atoms with Gasteiger partial charge in [0.15, 0.2) is 0 Å². The predicted octanol–water partition coefficient (Wildman–Crippen LogP) is 4.21. The van der Waals surface area contributed by atoms with Crippen LogP contribution in [-0.4, -0.2) is 72.9 Å². The Morgan fingerprint density at radius 1 is 0.792 bits per heavy atom. The molecule has 0 bridgehead atoms. The highest BCUT2D eigenvalue weighted by atomic mass is 28.4. The van der Waals surface area contributed by atoms with Crippen LogP contribution in [0.5, 0.6) is 0 Å². The van der Waals surface area contributed by atoms with Crippen molar-refractivity contribution in [3.05, 3.63) is 0 Å². The van der Waals surface area contributed by atoms with E-state index in [4.69, 9.17) is 8.85 Å². The van der Waals surface area contributed by atoms with Gasteiger partial charge in [-0.1, -0.05) is 13.3 Å². The van der Waals surface area contributed by atoms with Crippen LogP contribution in [-0.2, 0) is 8.85 Å². The smallest absolute Gasteiger partial charge is 0.335 e. The zero-order chi connectivity index (χ0) is 18.6. The lowest BCUT2D eigenvalue weighted by atomic mass is 9.78. The first-order valence-corrected chi connectivity index (χ1v) is 12.3. The third-order valence-corrected chi connectivity index (χ3v) is 8.16. The van der Waals surface area contributed by atoms with Crippen LogP contribution in [0.4, 0.5) is 0 Å². The maximum atomic E-state index is 6.18. The van der Waals surface area contributed by atoms with Crippen molar-refractivity contribution in [3.8, 4) is 0 Å².